The first-order chi connectivity index (χ1) is 8.06. The van der Waals surface area contributed by atoms with E-state index in [0.29, 0.717) is 17.7 Å². The third kappa shape index (κ3) is 2.86. The van der Waals surface area contributed by atoms with Gasteiger partial charge in [0.2, 0.25) is 0 Å². The van der Waals surface area contributed by atoms with Crippen LogP contribution in [0.3, 0.4) is 0 Å². The molecule has 0 bridgehead atoms. The summed E-state index contributed by atoms with van der Waals surface area (Å²) in [5, 5.41) is -0.381. The maximum Gasteiger partial charge on any atom is 0.159 e. The Balaban J connectivity index is 2.12. The monoisotopic (exact) mass is 256 g/mol. The predicted molar refractivity (Wildman–Crippen MR) is 62.1 cm³/mol. The lowest BCUT2D eigenvalue weighted by Gasteiger charge is -2.07. The molecule has 1 aromatic heterocycles. The second kappa shape index (κ2) is 4.88. The number of rotatable bonds is 3. The Bertz CT molecular complexity index is 522. The Morgan fingerprint density at radius 2 is 1.94 bits per heavy atom. The molecule has 1 heterocycles. The number of hydrogen-bond acceptors (Lipinski definition) is 1. The van der Waals surface area contributed by atoms with Crippen LogP contribution in [0.5, 0.6) is 0 Å². The smallest absolute Gasteiger partial charge is 0.159 e. The molecular weight excluding hydrogens is 246 g/mol. The van der Waals surface area contributed by atoms with Gasteiger partial charge in [-0.05, 0) is 43.2 Å². The van der Waals surface area contributed by atoms with Crippen molar-refractivity contribution < 1.29 is 13.2 Å². The van der Waals surface area contributed by atoms with Crippen molar-refractivity contribution >= 4 is 11.6 Å². The Morgan fingerprint density at radius 1 is 1.18 bits per heavy atom. The Kier molecular flexibility index (Phi) is 3.48. The largest absolute Gasteiger partial charge is 0.465 e. The first-order valence-electron chi connectivity index (χ1n) is 5.20. The lowest BCUT2D eigenvalue weighted by Crippen LogP contribution is -1.96. The molecule has 0 amide bonds. The highest BCUT2D eigenvalue weighted by Gasteiger charge is 2.13. The molecule has 0 aliphatic carbocycles. The van der Waals surface area contributed by atoms with Crippen LogP contribution in [0.1, 0.15) is 22.5 Å². The minimum Gasteiger partial charge on any atom is -0.465 e. The second-order valence-electron chi connectivity index (χ2n) is 3.87. The maximum atomic E-state index is 13.0. The van der Waals surface area contributed by atoms with Crippen LogP contribution in [0.25, 0.3) is 0 Å². The minimum absolute atomic E-state index is 0.381. The van der Waals surface area contributed by atoms with E-state index in [1.807, 2.05) is 13.0 Å². The summed E-state index contributed by atoms with van der Waals surface area (Å²) in [7, 11) is 0. The molecule has 0 aliphatic heterocycles. The van der Waals surface area contributed by atoms with Crippen molar-refractivity contribution in [1.82, 2.24) is 0 Å². The quantitative estimate of drug-likeness (QED) is 0.743. The van der Waals surface area contributed by atoms with Gasteiger partial charge in [-0.2, -0.15) is 0 Å². The summed E-state index contributed by atoms with van der Waals surface area (Å²) in [5.41, 5.74) is 0.637. The van der Waals surface area contributed by atoms with Crippen LogP contribution < -0.4 is 0 Å². The van der Waals surface area contributed by atoms with E-state index >= 15 is 0 Å². The maximum absolute atomic E-state index is 13.0. The third-order valence-corrected chi connectivity index (χ3v) is 2.84. The molecule has 1 nitrogen and oxygen atoms in total. The van der Waals surface area contributed by atoms with Gasteiger partial charge >= 0.3 is 0 Å². The fourth-order valence-corrected chi connectivity index (χ4v) is 1.89. The number of benzene rings is 1. The van der Waals surface area contributed by atoms with Gasteiger partial charge in [-0.25, -0.2) is 8.78 Å². The molecular formula is C13H11ClF2O. The fourth-order valence-electron chi connectivity index (χ4n) is 1.60. The molecule has 0 saturated carbocycles. The van der Waals surface area contributed by atoms with E-state index in [2.05, 4.69) is 0 Å². The number of alkyl halides is 1. The number of halogens is 3. The lowest BCUT2D eigenvalue weighted by atomic mass is 10.1. The molecule has 1 unspecified atom stereocenters. The van der Waals surface area contributed by atoms with Crippen LogP contribution in [0.4, 0.5) is 8.78 Å². The molecule has 1 atom stereocenters. The van der Waals surface area contributed by atoms with Gasteiger partial charge in [-0.3, -0.25) is 0 Å². The van der Waals surface area contributed by atoms with Crippen LogP contribution in [-0.2, 0) is 6.42 Å². The zero-order valence-corrected chi connectivity index (χ0v) is 9.97. The van der Waals surface area contributed by atoms with E-state index in [-0.39, 0.29) is 5.38 Å². The van der Waals surface area contributed by atoms with Gasteiger partial charge in [0, 0.05) is 0 Å². The zero-order valence-electron chi connectivity index (χ0n) is 9.21. The number of hydrogen-bond donors (Lipinski definition) is 0. The molecule has 2 aromatic rings. The fraction of sp³-hybridized carbons (Fsp3) is 0.231. The Hall–Kier alpha value is -1.35. The highest BCUT2D eigenvalue weighted by molar-refractivity contribution is 6.20. The van der Waals surface area contributed by atoms with Gasteiger partial charge in [-0.1, -0.05) is 6.07 Å². The molecule has 1 aromatic carbocycles. The van der Waals surface area contributed by atoms with Crippen LogP contribution in [0.2, 0.25) is 0 Å². The van der Waals surface area contributed by atoms with Crippen LogP contribution in [0, 0.1) is 18.6 Å². The van der Waals surface area contributed by atoms with Crippen molar-refractivity contribution in [2.45, 2.75) is 18.7 Å². The molecule has 0 aliphatic rings. The van der Waals surface area contributed by atoms with E-state index < -0.39 is 11.6 Å². The van der Waals surface area contributed by atoms with E-state index in [1.54, 1.807) is 6.07 Å². The molecule has 0 fully saturated rings. The van der Waals surface area contributed by atoms with Crippen molar-refractivity contribution in [3.63, 3.8) is 0 Å². The van der Waals surface area contributed by atoms with Gasteiger partial charge in [0.1, 0.15) is 11.5 Å². The van der Waals surface area contributed by atoms with Crippen molar-refractivity contribution in [3.8, 4) is 0 Å². The van der Waals surface area contributed by atoms with Gasteiger partial charge < -0.3 is 4.42 Å². The lowest BCUT2D eigenvalue weighted by molar-refractivity contribution is 0.476. The molecule has 0 saturated heterocycles. The molecule has 17 heavy (non-hydrogen) atoms. The first kappa shape index (κ1) is 12.1. The van der Waals surface area contributed by atoms with Crippen molar-refractivity contribution in [3.05, 3.63) is 59.1 Å². The highest BCUT2D eigenvalue weighted by Crippen LogP contribution is 2.27. The summed E-state index contributed by atoms with van der Waals surface area (Å²) in [6.07, 6.45) is 0.395. The highest BCUT2D eigenvalue weighted by atomic mass is 35.5. The predicted octanol–water partition coefficient (Wildman–Crippen LogP) is 4.39. The zero-order chi connectivity index (χ0) is 12.4. The summed E-state index contributed by atoms with van der Waals surface area (Å²) in [6.45, 7) is 1.82. The summed E-state index contributed by atoms with van der Waals surface area (Å²) in [4.78, 5) is 0. The molecule has 90 valence electrons. The minimum atomic E-state index is -0.859. The molecule has 0 spiro atoms. The number of aryl methyl sites for hydroxylation is 1. The Labute approximate surface area is 103 Å². The molecule has 0 radical (unpaired) electrons. The normalized spacial score (nSPS) is 12.7. The summed E-state index contributed by atoms with van der Waals surface area (Å²) >= 11 is 6.14. The van der Waals surface area contributed by atoms with Crippen LogP contribution in [0.15, 0.2) is 34.7 Å². The Morgan fingerprint density at radius 3 is 2.53 bits per heavy atom. The topological polar surface area (TPSA) is 13.1 Å². The van der Waals surface area contributed by atoms with E-state index in [1.165, 1.54) is 6.07 Å². The number of furan rings is 1. The van der Waals surface area contributed by atoms with Gasteiger partial charge in [0.25, 0.3) is 0 Å². The second-order valence-corrected chi connectivity index (χ2v) is 4.40. The van der Waals surface area contributed by atoms with Crippen molar-refractivity contribution in [2.75, 3.05) is 0 Å². The van der Waals surface area contributed by atoms with Crippen LogP contribution >= 0.6 is 11.6 Å². The van der Waals surface area contributed by atoms with Gasteiger partial charge in [0.15, 0.2) is 11.6 Å². The van der Waals surface area contributed by atoms with E-state index in [0.717, 1.165) is 17.9 Å². The molecule has 0 N–H and O–H groups in total. The average Bonchev–Trinajstić information content (AvgIpc) is 2.70. The van der Waals surface area contributed by atoms with E-state index in [9.17, 15) is 8.78 Å². The van der Waals surface area contributed by atoms with Crippen LogP contribution in [-0.4, -0.2) is 0 Å². The molecule has 2 rings (SSSR count). The third-order valence-electron chi connectivity index (χ3n) is 2.47. The van der Waals surface area contributed by atoms with Crippen molar-refractivity contribution in [2.24, 2.45) is 0 Å². The average molecular weight is 257 g/mol. The van der Waals surface area contributed by atoms with Crippen molar-refractivity contribution in [1.29, 1.82) is 0 Å². The summed E-state index contributed by atoms with van der Waals surface area (Å²) < 4.78 is 31.1. The first-order valence-corrected chi connectivity index (χ1v) is 5.64. The SMILES string of the molecule is Cc1ccc(C(Cl)Cc2ccc(F)c(F)c2)o1. The van der Waals surface area contributed by atoms with Gasteiger partial charge in [0.05, 0.1) is 5.38 Å². The standard InChI is InChI=1S/C13H11ClF2O/c1-8-2-5-13(17-8)10(14)6-9-3-4-11(15)12(16)7-9/h2-5,7,10H,6H2,1H3. The van der Waals surface area contributed by atoms with Gasteiger partial charge in [-0.15, -0.1) is 11.6 Å². The summed E-state index contributed by atoms with van der Waals surface area (Å²) in [5.74, 6) is -0.305. The summed E-state index contributed by atoms with van der Waals surface area (Å²) in [6, 6.07) is 7.37. The van der Waals surface area contributed by atoms with E-state index in [4.69, 9.17) is 16.0 Å². The molecule has 4 heteroatoms.